The smallest absolute Gasteiger partial charge is 0.310 e. The van der Waals surface area contributed by atoms with Crippen molar-refractivity contribution in [2.45, 2.75) is 32.8 Å². The number of halogens is 1. The van der Waals surface area contributed by atoms with Gasteiger partial charge in [0.1, 0.15) is 6.10 Å². The fourth-order valence-electron chi connectivity index (χ4n) is 4.66. The average molecular weight is 422 g/mol. The molecule has 0 unspecified atom stereocenters. The first-order valence-corrected chi connectivity index (χ1v) is 9.58. The van der Waals surface area contributed by atoms with E-state index in [9.17, 15) is 14.4 Å². The van der Waals surface area contributed by atoms with Crippen LogP contribution in [0.5, 0.6) is 0 Å². The number of aryl methyl sites for hydroxylation is 2. The lowest BCUT2D eigenvalue weighted by molar-refractivity contribution is -0.157. The van der Waals surface area contributed by atoms with Gasteiger partial charge in [0, 0.05) is 16.1 Å². The summed E-state index contributed by atoms with van der Waals surface area (Å²) in [5.41, 5.74) is 2.60. The summed E-state index contributed by atoms with van der Waals surface area (Å²) in [6.07, 6.45) is 1.55. The molecule has 1 aromatic carbocycles. The summed E-state index contributed by atoms with van der Waals surface area (Å²) < 4.78 is 11.5. The van der Waals surface area contributed by atoms with Gasteiger partial charge in [-0.25, -0.2) is 0 Å². The lowest BCUT2D eigenvalue weighted by atomic mass is 9.80. The predicted molar refractivity (Wildman–Crippen MR) is 96.3 cm³/mol. The Morgan fingerprint density at radius 1 is 1.27 bits per heavy atom. The first-order valence-electron chi connectivity index (χ1n) is 8.79. The molecule has 3 fully saturated rings. The van der Waals surface area contributed by atoms with Gasteiger partial charge in [-0.2, -0.15) is 0 Å². The van der Waals surface area contributed by atoms with Crippen LogP contribution in [0.4, 0.5) is 5.69 Å². The molecular formula is C19H20BrNO5. The van der Waals surface area contributed by atoms with Crippen LogP contribution in [0.3, 0.4) is 0 Å². The van der Waals surface area contributed by atoms with E-state index in [0.29, 0.717) is 5.69 Å². The second-order valence-corrected chi connectivity index (χ2v) is 8.35. The number of carbonyl (C=O) groups is 3. The summed E-state index contributed by atoms with van der Waals surface area (Å²) in [6, 6.07) is 3.79. The average Bonchev–Trinajstić information content (AvgIpc) is 3.19. The molecule has 2 saturated carbocycles. The molecule has 1 amide bonds. The number of fused-ring (bicyclic) bond motifs is 1. The zero-order valence-corrected chi connectivity index (χ0v) is 16.2. The van der Waals surface area contributed by atoms with Gasteiger partial charge in [-0.05, 0) is 55.9 Å². The van der Waals surface area contributed by atoms with Crippen LogP contribution >= 0.6 is 15.9 Å². The minimum Gasteiger partial charge on any atom is -0.462 e. The van der Waals surface area contributed by atoms with Crippen molar-refractivity contribution < 1.29 is 23.9 Å². The van der Waals surface area contributed by atoms with Gasteiger partial charge in [0.15, 0.2) is 6.61 Å². The van der Waals surface area contributed by atoms with Gasteiger partial charge in [-0.15, -0.1) is 0 Å². The van der Waals surface area contributed by atoms with Crippen LogP contribution in [0.15, 0.2) is 16.6 Å². The normalized spacial score (nSPS) is 31.0. The zero-order chi connectivity index (χ0) is 18.6. The molecule has 1 aliphatic heterocycles. The summed E-state index contributed by atoms with van der Waals surface area (Å²) in [7, 11) is 0. The molecule has 1 aromatic rings. The molecule has 5 atom stereocenters. The quantitative estimate of drug-likeness (QED) is 0.755. The molecule has 2 aliphatic carbocycles. The maximum Gasteiger partial charge on any atom is 0.310 e. The van der Waals surface area contributed by atoms with Gasteiger partial charge in [-0.1, -0.05) is 15.9 Å². The van der Waals surface area contributed by atoms with Crippen molar-refractivity contribution in [3.63, 3.8) is 0 Å². The zero-order valence-electron chi connectivity index (χ0n) is 14.6. The Hall–Kier alpha value is -1.89. The van der Waals surface area contributed by atoms with E-state index in [1.807, 2.05) is 26.0 Å². The molecule has 4 rings (SSSR count). The molecule has 2 bridgehead atoms. The molecule has 138 valence electrons. The third kappa shape index (κ3) is 2.82. The molecule has 0 radical (unpaired) electrons. The van der Waals surface area contributed by atoms with Gasteiger partial charge in [0.2, 0.25) is 0 Å². The second-order valence-electron chi connectivity index (χ2n) is 7.49. The molecule has 0 aromatic heterocycles. The van der Waals surface area contributed by atoms with Crippen molar-refractivity contribution in [2.24, 2.45) is 23.7 Å². The minimum absolute atomic E-state index is 0.0199. The Morgan fingerprint density at radius 2 is 2.04 bits per heavy atom. The third-order valence-electron chi connectivity index (χ3n) is 5.88. The summed E-state index contributed by atoms with van der Waals surface area (Å²) in [4.78, 5) is 36.6. The van der Waals surface area contributed by atoms with Crippen LogP contribution in [0.1, 0.15) is 24.0 Å². The van der Waals surface area contributed by atoms with Crippen LogP contribution in [-0.2, 0) is 23.9 Å². The van der Waals surface area contributed by atoms with E-state index in [2.05, 4.69) is 21.2 Å². The highest BCUT2D eigenvalue weighted by Crippen LogP contribution is 2.57. The molecular weight excluding hydrogens is 402 g/mol. The van der Waals surface area contributed by atoms with E-state index < -0.39 is 17.8 Å². The summed E-state index contributed by atoms with van der Waals surface area (Å²) >= 11 is 3.45. The van der Waals surface area contributed by atoms with Crippen LogP contribution in [-0.4, -0.2) is 30.6 Å². The number of nitrogens with one attached hydrogen (secondary N) is 1. The number of anilines is 1. The van der Waals surface area contributed by atoms with Crippen molar-refractivity contribution in [3.05, 3.63) is 27.7 Å². The number of esters is 2. The van der Waals surface area contributed by atoms with E-state index in [0.717, 1.165) is 28.4 Å². The highest BCUT2D eigenvalue weighted by molar-refractivity contribution is 9.10. The van der Waals surface area contributed by atoms with Crippen molar-refractivity contribution >= 4 is 39.5 Å². The van der Waals surface area contributed by atoms with E-state index in [-0.39, 0.29) is 36.4 Å². The van der Waals surface area contributed by atoms with Crippen molar-refractivity contribution in [1.82, 2.24) is 0 Å². The van der Waals surface area contributed by atoms with E-state index >= 15 is 0 Å². The largest absolute Gasteiger partial charge is 0.462 e. The molecule has 7 heteroatoms. The molecule has 1 heterocycles. The lowest BCUT2D eigenvalue weighted by Crippen LogP contribution is -2.35. The Bertz CT molecular complexity index is 805. The highest BCUT2D eigenvalue weighted by atomic mass is 79.9. The van der Waals surface area contributed by atoms with Crippen molar-refractivity contribution in [1.29, 1.82) is 0 Å². The number of hydrogen-bond acceptors (Lipinski definition) is 5. The Kier molecular flexibility index (Phi) is 4.29. The first-order chi connectivity index (χ1) is 12.3. The maximum atomic E-state index is 12.5. The van der Waals surface area contributed by atoms with Crippen LogP contribution < -0.4 is 5.32 Å². The summed E-state index contributed by atoms with van der Waals surface area (Å²) in [5.74, 6) is -1.70. The van der Waals surface area contributed by atoms with Gasteiger partial charge >= 0.3 is 11.9 Å². The van der Waals surface area contributed by atoms with Gasteiger partial charge in [0.05, 0.1) is 11.8 Å². The number of hydrogen-bond donors (Lipinski definition) is 1. The van der Waals surface area contributed by atoms with Crippen LogP contribution in [0, 0.1) is 37.5 Å². The Balaban J connectivity index is 1.36. The molecule has 3 aliphatic rings. The highest BCUT2D eigenvalue weighted by Gasteiger charge is 2.64. The second kappa shape index (κ2) is 6.37. The maximum absolute atomic E-state index is 12.5. The monoisotopic (exact) mass is 421 g/mol. The van der Waals surface area contributed by atoms with E-state index in [1.54, 1.807) is 0 Å². The molecule has 26 heavy (non-hydrogen) atoms. The molecule has 1 N–H and O–H groups in total. The van der Waals surface area contributed by atoms with Gasteiger partial charge in [0.25, 0.3) is 5.91 Å². The predicted octanol–water partition coefficient (Wildman–Crippen LogP) is 2.75. The summed E-state index contributed by atoms with van der Waals surface area (Å²) in [5, 5.41) is 2.77. The topological polar surface area (TPSA) is 81.7 Å². The first kappa shape index (κ1) is 17.5. The minimum atomic E-state index is -0.462. The Labute approximate surface area is 159 Å². The van der Waals surface area contributed by atoms with E-state index in [1.165, 1.54) is 0 Å². The molecule has 0 spiro atoms. The van der Waals surface area contributed by atoms with Crippen molar-refractivity contribution in [3.8, 4) is 0 Å². The molecule has 6 nitrogen and oxygen atoms in total. The van der Waals surface area contributed by atoms with Gasteiger partial charge < -0.3 is 14.8 Å². The number of amides is 1. The number of rotatable bonds is 4. The standard InChI is InChI=1S/C19H20BrNO5/c1-8-4-13(9(2)3-12(8)20)21-15(22)7-25-18(23)16-10-5-11-14(6-10)26-19(24)17(11)16/h3-4,10-11,14,16-17H,5-7H2,1-2H3,(H,21,22)/t10-,11+,14+,16-,17+/m1/s1. The SMILES string of the molecule is Cc1cc(NC(=O)COC(=O)[C@@H]2[C@@H]3C[C@@H]4[C@@H]2C(=O)O[C@H]4C3)c(C)cc1Br. The number of carbonyl (C=O) groups excluding carboxylic acids is 3. The van der Waals surface area contributed by atoms with E-state index in [4.69, 9.17) is 9.47 Å². The number of benzene rings is 1. The third-order valence-corrected chi connectivity index (χ3v) is 6.73. The lowest BCUT2D eigenvalue weighted by Gasteiger charge is -2.22. The van der Waals surface area contributed by atoms with Crippen LogP contribution in [0.2, 0.25) is 0 Å². The van der Waals surface area contributed by atoms with Gasteiger partial charge in [-0.3, -0.25) is 14.4 Å². The number of ether oxygens (including phenoxy) is 2. The molecule has 1 saturated heterocycles. The van der Waals surface area contributed by atoms with Crippen molar-refractivity contribution in [2.75, 3.05) is 11.9 Å². The fourth-order valence-corrected chi connectivity index (χ4v) is 5.12. The fraction of sp³-hybridized carbons (Fsp3) is 0.526. The van der Waals surface area contributed by atoms with Crippen LogP contribution in [0.25, 0.3) is 0 Å². The Morgan fingerprint density at radius 3 is 2.81 bits per heavy atom. The summed E-state index contributed by atoms with van der Waals surface area (Å²) in [6.45, 7) is 3.47.